The van der Waals surface area contributed by atoms with Crippen LogP contribution < -0.4 is 10.6 Å². The Bertz CT molecular complexity index is 1530. The summed E-state index contributed by atoms with van der Waals surface area (Å²) in [4.78, 5) is 23.6. The van der Waals surface area contributed by atoms with Crippen LogP contribution in [0.25, 0.3) is 16.7 Å². The number of piperidine rings is 1. The van der Waals surface area contributed by atoms with Crippen molar-refractivity contribution in [2.45, 2.75) is 31.8 Å². The third-order valence-corrected chi connectivity index (χ3v) is 7.08. The lowest BCUT2D eigenvalue weighted by Crippen LogP contribution is -2.44. The van der Waals surface area contributed by atoms with E-state index in [2.05, 4.69) is 66.0 Å². The highest BCUT2D eigenvalue weighted by Crippen LogP contribution is 2.25. The molecule has 1 fully saturated rings. The van der Waals surface area contributed by atoms with Gasteiger partial charge in [-0.15, -0.1) is 10.2 Å². The zero-order valence-corrected chi connectivity index (χ0v) is 21.6. The molecule has 0 bridgehead atoms. The van der Waals surface area contributed by atoms with Crippen LogP contribution >= 0.6 is 0 Å². The number of benzene rings is 2. The Labute approximate surface area is 226 Å². The summed E-state index contributed by atoms with van der Waals surface area (Å²) in [6.07, 6.45) is 7.38. The number of amides is 1. The first-order valence-corrected chi connectivity index (χ1v) is 13.2. The Kier molecular flexibility index (Phi) is 7.22. The van der Waals surface area contributed by atoms with Gasteiger partial charge in [0.05, 0.1) is 11.9 Å². The maximum Gasteiger partial charge on any atom is 0.224 e. The molecule has 9 heteroatoms. The smallest absolute Gasteiger partial charge is 0.224 e. The fourth-order valence-corrected chi connectivity index (χ4v) is 5.13. The number of nitrogens with one attached hydrogen (secondary N) is 2. The topological polar surface area (TPSA) is 101 Å². The van der Waals surface area contributed by atoms with E-state index in [4.69, 9.17) is 0 Å². The Balaban J connectivity index is 1.10. The minimum Gasteiger partial charge on any atom is -0.353 e. The van der Waals surface area contributed by atoms with Crippen LogP contribution in [-0.4, -0.2) is 54.7 Å². The maximum atomic E-state index is 13.1. The van der Waals surface area contributed by atoms with Gasteiger partial charge in [-0.05, 0) is 48.2 Å². The van der Waals surface area contributed by atoms with Crippen molar-refractivity contribution in [1.82, 2.24) is 34.9 Å². The number of anilines is 2. The fraction of sp³-hybridized carbons (Fsp3) is 0.233. The van der Waals surface area contributed by atoms with Crippen LogP contribution in [0.4, 0.5) is 11.6 Å². The Morgan fingerprint density at radius 3 is 2.49 bits per heavy atom. The molecular weight excluding hydrogens is 488 g/mol. The third-order valence-electron chi connectivity index (χ3n) is 7.08. The van der Waals surface area contributed by atoms with Crippen LogP contribution in [0, 0.1) is 0 Å². The van der Waals surface area contributed by atoms with E-state index in [-0.39, 0.29) is 11.9 Å². The molecule has 0 aliphatic carbocycles. The Hall–Kier alpha value is -4.63. The predicted molar refractivity (Wildman–Crippen MR) is 151 cm³/mol. The van der Waals surface area contributed by atoms with Gasteiger partial charge in [-0.2, -0.15) is 0 Å². The lowest BCUT2D eigenvalue weighted by molar-refractivity contribution is -0.121. The van der Waals surface area contributed by atoms with Gasteiger partial charge in [0.15, 0.2) is 11.6 Å². The SMILES string of the molecule is O=C(Cc1cn(-c2ccc(Nc3ccncn3)nn2)c2ccccc12)NC1CCN(Cc2ccccc2)CC1. The summed E-state index contributed by atoms with van der Waals surface area (Å²) in [7, 11) is 0. The molecule has 0 spiro atoms. The number of hydrogen-bond donors (Lipinski definition) is 2. The number of hydrogen-bond acceptors (Lipinski definition) is 7. The molecule has 2 aromatic carbocycles. The van der Waals surface area contributed by atoms with Crippen molar-refractivity contribution >= 4 is 28.4 Å². The minimum absolute atomic E-state index is 0.0508. The number of aromatic nitrogens is 5. The van der Waals surface area contributed by atoms with E-state index in [0.717, 1.165) is 48.9 Å². The predicted octanol–water partition coefficient (Wildman–Crippen LogP) is 4.28. The number of nitrogens with zero attached hydrogens (tertiary/aromatic N) is 6. The number of fused-ring (bicyclic) bond motifs is 1. The summed E-state index contributed by atoms with van der Waals surface area (Å²) < 4.78 is 1.99. The minimum atomic E-state index is 0.0508. The molecule has 2 N–H and O–H groups in total. The zero-order chi connectivity index (χ0) is 26.4. The lowest BCUT2D eigenvalue weighted by atomic mass is 10.0. The molecule has 1 aliphatic heterocycles. The second-order valence-corrected chi connectivity index (χ2v) is 9.82. The van der Waals surface area contributed by atoms with E-state index in [1.54, 1.807) is 12.3 Å². The maximum absolute atomic E-state index is 13.1. The van der Waals surface area contributed by atoms with E-state index in [1.807, 2.05) is 47.2 Å². The van der Waals surface area contributed by atoms with Gasteiger partial charge in [-0.1, -0.05) is 48.5 Å². The van der Waals surface area contributed by atoms with Gasteiger partial charge in [0, 0.05) is 43.5 Å². The van der Waals surface area contributed by atoms with Crippen LogP contribution in [0.3, 0.4) is 0 Å². The van der Waals surface area contributed by atoms with E-state index in [1.165, 1.54) is 11.9 Å². The van der Waals surface area contributed by atoms with Crippen molar-refractivity contribution in [2.24, 2.45) is 0 Å². The quantitative estimate of drug-likeness (QED) is 0.316. The van der Waals surface area contributed by atoms with Gasteiger partial charge < -0.3 is 10.6 Å². The van der Waals surface area contributed by atoms with Crippen molar-refractivity contribution in [2.75, 3.05) is 18.4 Å². The number of para-hydroxylation sites is 1. The zero-order valence-electron chi connectivity index (χ0n) is 21.6. The average molecular weight is 519 g/mol. The van der Waals surface area contributed by atoms with Crippen LogP contribution in [-0.2, 0) is 17.8 Å². The van der Waals surface area contributed by atoms with Gasteiger partial charge >= 0.3 is 0 Å². The number of rotatable bonds is 8. The molecule has 1 saturated heterocycles. The molecule has 0 radical (unpaired) electrons. The molecule has 1 amide bonds. The summed E-state index contributed by atoms with van der Waals surface area (Å²) in [6, 6.07) is 24.4. The molecule has 0 saturated carbocycles. The molecule has 39 heavy (non-hydrogen) atoms. The van der Waals surface area contributed by atoms with Crippen LogP contribution in [0.2, 0.25) is 0 Å². The summed E-state index contributed by atoms with van der Waals surface area (Å²) >= 11 is 0. The molecule has 6 rings (SSSR count). The summed E-state index contributed by atoms with van der Waals surface area (Å²) in [5.41, 5.74) is 3.28. The standard InChI is InChI=1S/C30H30N8O/c39-30(33-24-13-16-37(17-14-24)19-22-6-2-1-3-7-22)18-23-20-38(26-9-5-4-8-25(23)26)29-11-10-28(35-36-29)34-27-12-15-31-21-32-27/h1-12,15,20-21,24H,13-14,16-19H2,(H,33,39)(H,31,32,34,35). The molecule has 3 aromatic heterocycles. The van der Waals surface area contributed by atoms with E-state index in [0.29, 0.717) is 23.9 Å². The lowest BCUT2D eigenvalue weighted by Gasteiger charge is -2.32. The largest absolute Gasteiger partial charge is 0.353 e. The average Bonchev–Trinajstić information content (AvgIpc) is 3.34. The van der Waals surface area contributed by atoms with Crippen molar-refractivity contribution in [3.63, 3.8) is 0 Å². The monoisotopic (exact) mass is 518 g/mol. The van der Waals surface area contributed by atoms with Crippen molar-refractivity contribution < 1.29 is 4.79 Å². The van der Waals surface area contributed by atoms with Gasteiger partial charge in [-0.3, -0.25) is 14.3 Å². The van der Waals surface area contributed by atoms with Crippen molar-refractivity contribution in [3.8, 4) is 5.82 Å². The summed E-state index contributed by atoms with van der Waals surface area (Å²) in [5, 5.41) is 16.2. The van der Waals surface area contributed by atoms with Crippen molar-refractivity contribution in [1.29, 1.82) is 0 Å². The molecule has 4 heterocycles. The Morgan fingerprint density at radius 2 is 1.72 bits per heavy atom. The first kappa shape index (κ1) is 24.7. The fourth-order valence-electron chi connectivity index (χ4n) is 5.13. The van der Waals surface area contributed by atoms with Crippen LogP contribution in [0.15, 0.2) is 91.5 Å². The highest BCUT2D eigenvalue weighted by Gasteiger charge is 2.22. The molecule has 1 aliphatic rings. The number of carbonyl (C=O) groups excluding carboxylic acids is 1. The third kappa shape index (κ3) is 5.94. The molecule has 5 aromatic rings. The van der Waals surface area contributed by atoms with E-state index >= 15 is 0 Å². The summed E-state index contributed by atoms with van der Waals surface area (Å²) in [5.74, 6) is 1.96. The first-order chi connectivity index (χ1) is 19.2. The number of likely N-dealkylation sites (tertiary alicyclic amines) is 1. The van der Waals surface area contributed by atoms with E-state index < -0.39 is 0 Å². The van der Waals surface area contributed by atoms with Gasteiger partial charge in [0.1, 0.15) is 12.1 Å². The molecule has 0 unspecified atom stereocenters. The van der Waals surface area contributed by atoms with Crippen LogP contribution in [0.5, 0.6) is 0 Å². The first-order valence-electron chi connectivity index (χ1n) is 13.2. The number of carbonyl (C=O) groups is 1. The highest BCUT2D eigenvalue weighted by atomic mass is 16.1. The highest BCUT2D eigenvalue weighted by molar-refractivity contribution is 5.90. The summed E-state index contributed by atoms with van der Waals surface area (Å²) in [6.45, 7) is 2.93. The molecule has 0 atom stereocenters. The van der Waals surface area contributed by atoms with Gasteiger partial charge in [0.25, 0.3) is 0 Å². The molecular formula is C30H30N8O. The second kappa shape index (κ2) is 11.4. The second-order valence-electron chi connectivity index (χ2n) is 9.82. The van der Waals surface area contributed by atoms with Crippen molar-refractivity contribution in [3.05, 3.63) is 103 Å². The Morgan fingerprint density at radius 1 is 0.897 bits per heavy atom. The van der Waals surface area contributed by atoms with Gasteiger partial charge in [0.2, 0.25) is 5.91 Å². The molecule has 196 valence electrons. The normalized spacial score (nSPS) is 14.4. The van der Waals surface area contributed by atoms with Gasteiger partial charge in [-0.25, -0.2) is 9.97 Å². The van der Waals surface area contributed by atoms with Crippen LogP contribution in [0.1, 0.15) is 24.0 Å². The van der Waals surface area contributed by atoms with E-state index in [9.17, 15) is 4.79 Å². The molecule has 9 nitrogen and oxygen atoms in total.